The zero-order valence-corrected chi connectivity index (χ0v) is 19.0. The van der Waals surface area contributed by atoms with E-state index in [0.29, 0.717) is 5.69 Å². The van der Waals surface area contributed by atoms with Crippen LogP contribution in [-0.4, -0.2) is 31.0 Å². The zero-order valence-electron chi connectivity index (χ0n) is 16.5. The second-order valence-electron chi connectivity index (χ2n) is 6.61. The van der Waals surface area contributed by atoms with Crippen LogP contribution in [0.15, 0.2) is 88.1 Å². The van der Waals surface area contributed by atoms with Gasteiger partial charge in [-0.05, 0) is 48.5 Å². The minimum absolute atomic E-state index is 0.0800. The average molecular weight is 484 g/mol. The minimum atomic E-state index is -4.04. The number of nitrogens with one attached hydrogen (secondary N) is 2. The lowest BCUT2D eigenvalue weighted by Gasteiger charge is -2.08. The van der Waals surface area contributed by atoms with Crippen LogP contribution in [-0.2, 0) is 14.8 Å². The standard InChI is InChI=1S/C22H17N3O4S3/c26-20(14-30-22-24-18-8-4-5-9-19(18)31-22)23-16-10-12-17(13-11-16)32(28,29)25-21(27)15-6-2-1-3-7-15/h1-13H,14H2,(H,23,26)(H,25,27). The molecule has 2 amide bonds. The number of hydrogen-bond acceptors (Lipinski definition) is 7. The summed E-state index contributed by atoms with van der Waals surface area (Å²) < 4.78 is 28.8. The van der Waals surface area contributed by atoms with Crippen molar-refractivity contribution in [1.29, 1.82) is 0 Å². The number of thioether (sulfide) groups is 1. The molecule has 0 aliphatic carbocycles. The van der Waals surface area contributed by atoms with Crippen LogP contribution in [0.25, 0.3) is 10.2 Å². The Morgan fingerprint density at radius 3 is 2.31 bits per heavy atom. The molecule has 4 aromatic rings. The number of carbonyl (C=O) groups excluding carboxylic acids is 2. The first-order valence-electron chi connectivity index (χ1n) is 9.41. The van der Waals surface area contributed by atoms with Gasteiger partial charge in [0.15, 0.2) is 4.34 Å². The first-order chi connectivity index (χ1) is 15.4. The van der Waals surface area contributed by atoms with Gasteiger partial charge in [-0.2, -0.15) is 0 Å². The van der Waals surface area contributed by atoms with Crippen LogP contribution in [0.5, 0.6) is 0 Å². The first-order valence-corrected chi connectivity index (χ1v) is 12.7. The number of para-hydroxylation sites is 1. The number of thiazole rings is 1. The molecule has 3 aromatic carbocycles. The molecule has 10 heteroatoms. The number of hydrogen-bond donors (Lipinski definition) is 2. The van der Waals surface area contributed by atoms with Crippen molar-refractivity contribution in [2.45, 2.75) is 9.24 Å². The fraction of sp³-hybridized carbons (Fsp3) is 0.0455. The Bertz CT molecular complexity index is 1340. The van der Waals surface area contributed by atoms with Gasteiger partial charge in [0.1, 0.15) is 0 Å². The molecule has 32 heavy (non-hydrogen) atoms. The summed E-state index contributed by atoms with van der Waals surface area (Å²) in [5, 5.41) is 2.73. The molecule has 162 valence electrons. The van der Waals surface area contributed by atoms with E-state index in [1.165, 1.54) is 59.5 Å². The lowest BCUT2D eigenvalue weighted by Crippen LogP contribution is -2.30. The minimum Gasteiger partial charge on any atom is -0.325 e. The topological polar surface area (TPSA) is 105 Å². The van der Waals surface area contributed by atoms with Gasteiger partial charge in [-0.3, -0.25) is 9.59 Å². The Morgan fingerprint density at radius 1 is 0.906 bits per heavy atom. The summed E-state index contributed by atoms with van der Waals surface area (Å²) in [6, 6.07) is 21.4. The van der Waals surface area contributed by atoms with Crippen molar-refractivity contribution >= 4 is 60.8 Å². The van der Waals surface area contributed by atoms with Crippen molar-refractivity contribution in [3.05, 3.63) is 84.4 Å². The fourth-order valence-electron chi connectivity index (χ4n) is 2.78. The largest absolute Gasteiger partial charge is 0.325 e. The second kappa shape index (κ2) is 9.51. The summed E-state index contributed by atoms with van der Waals surface area (Å²) in [6.07, 6.45) is 0. The van der Waals surface area contributed by atoms with E-state index in [2.05, 4.69) is 10.3 Å². The van der Waals surface area contributed by atoms with Crippen LogP contribution in [0, 0.1) is 0 Å². The SMILES string of the molecule is O=C(CSc1nc2ccccc2s1)Nc1ccc(S(=O)(=O)NC(=O)c2ccccc2)cc1. The Morgan fingerprint density at radius 2 is 1.59 bits per heavy atom. The van der Waals surface area contributed by atoms with Crippen LogP contribution in [0.4, 0.5) is 5.69 Å². The fourth-order valence-corrected chi connectivity index (χ4v) is 5.63. The molecule has 1 heterocycles. The monoisotopic (exact) mass is 483 g/mol. The third kappa shape index (κ3) is 5.34. The summed E-state index contributed by atoms with van der Waals surface area (Å²) in [5.41, 5.74) is 1.59. The van der Waals surface area contributed by atoms with Crippen molar-refractivity contribution < 1.29 is 18.0 Å². The molecular formula is C22H17N3O4S3. The number of aromatic nitrogens is 1. The number of anilines is 1. The summed E-state index contributed by atoms with van der Waals surface area (Å²) in [5.74, 6) is -0.774. The van der Waals surface area contributed by atoms with Gasteiger partial charge in [0, 0.05) is 11.3 Å². The average Bonchev–Trinajstić information content (AvgIpc) is 3.21. The van der Waals surface area contributed by atoms with Crippen molar-refractivity contribution in [3.63, 3.8) is 0 Å². The highest BCUT2D eigenvalue weighted by molar-refractivity contribution is 8.01. The van der Waals surface area contributed by atoms with E-state index in [9.17, 15) is 18.0 Å². The van der Waals surface area contributed by atoms with Gasteiger partial charge in [-0.1, -0.05) is 42.1 Å². The number of rotatable bonds is 7. The van der Waals surface area contributed by atoms with Gasteiger partial charge in [0.2, 0.25) is 5.91 Å². The van der Waals surface area contributed by atoms with Crippen LogP contribution in [0.2, 0.25) is 0 Å². The number of nitrogens with zero attached hydrogens (tertiary/aromatic N) is 1. The Balaban J connectivity index is 1.34. The Labute approximate surface area is 192 Å². The molecule has 0 unspecified atom stereocenters. The van der Waals surface area contributed by atoms with E-state index in [1.807, 2.05) is 29.0 Å². The third-order valence-corrected chi connectivity index (χ3v) is 7.84. The summed E-state index contributed by atoms with van der Waals surface area (Å²) in [4.78, 5) is 28.8. The highest BCUT2D eigenvalue weighted by Gasteiger charge is 2.18. The number of amides is 2. The van der Waals surface area contributed by atoms with E-state index >= 15 is 0 Å². The van der Waals surface area contributed by atoms with Gasteiger partial charge in [-0.25, -0.2) is 18.1 Å². The molecule has 0 fully saturated rings. The maximum atomic E-state index is 12.5. The predicted molar refractivity (Wildman–Crippen MR) is 127 cm³/mol. The molecular weight excluding hydrogens is 466 g/mol. The van der Waals surface area contributed by atoms with Crippen molar-refractivity contribution in [3.8, 4) is 0 Å². The van der Waals surface area contributed by atoms with E-state index < -0.39 is 15.9 Å². The molecule has 7 nitrogen and oxygen atoms in total. The highest BCUT2D eigenvalue weighted by Crippen LogP contribution is 2.29. The molecule has 0 bridgehead atoms. The number of benzene rings is 3. The molecule has 0 spiro atoms. The first kappa shape index (κ1) is 22.0. The van der Waals surface area contributed by atoms with E-state index in [0.717, 1.165) is 14.6 Å². The summed E-state index contributed by atoms with van der Waals surface area (Å²) in [7, 11) is -4.04. The van der Waals surface area contributed by atoms with Crippen molar-refractivity contribution in [1.82, 2.24) is 9.71 Å². The third-order valence-electron chi connectivity index (χ3n) is 4.31. The highest BCUT2D eigenvalue weighted by atomic mass is 32.2. The molecule has 0 radical (unpaired) electrons. The number of fused-ring (bicyclic) bond motifs is 1. The molecule has 0 aliphatic rings. The van der Waals surface area contributed by atoms with Gasteiger partial charge in [0.05, 0.1) is 20.9 Å². The number of carbonyl (C=O) groups is 2. The normalized spacial score (nSPS) is 11.2. The van der Waals surface area contributed by atoms with E-state index in [-0.39, 0.29) is 22.1 Å². The van der Waals surface area contributed by atoms with Crippen LogP contribution in [0.3, 0.4) is 0 Å². The summed E-state index contributed by atoms with van der Waals surface area (Å²) >= 11 is 2.86. The molecule has 4 rings (SSSR count). The molecule has 0 aliphatic heterocycles. The quantitative estimate of drug-likeness (QED) is 0.383. The van der Waals surface area contributed by atoms with Gasteiger partial charge < -0.3 is 5.32 Å². The smallest absolute Gasteiger partial charge is 0.264 e. The van der Waals surface area contributed by atoms with E-state index in [1.54, 1.807) is 18.2 Å². The maximum Gasteiger partial charge on any atom is 0.264 e. The van der Waals surface area contributed by atoms with Crippen LogP contribution in [0.1, 0.15) is 10.4 Å². The zero-order chi connectivity index (χ0) is 22.6. The lowest BCUT2D eigenvalue weighted by molar-refractivity contribution is -0.113. The van der Waals surface area contributed by atoms with E-state index in [4.69, 9.17) is 0 Å². The lowest BCUT2D eigenvalue weighted by atomic mass is 10.2. The molecule has 1 aromatic heterocycles. The maximum absolute atomic E-state index is 12.5. The van der Waals surface area contributed by atoms with Gasteiger partial charge in [0.25, 0.3) is 15.9 Å². The van der Waals surface area contributed by atoms with Gasteiger partial charge >= 0.3 is 0 Å². The molecule has 0 saturated carbocycles. The van der Waals surface area contributed by atoms with Crippen molar-refractivity contribution in [2.75, 3.05) is 11.1 Å². The predicted octanol–water partition coefficient (Wildman–Crippen LogP) is 4.15. The molecule has 0 saturated heterocycles. The van der Waals surface area contributed by atoms with Gasteiger partial charge in [-0.15, -0.1) is 11.3 Å². The molecule has 0 atom stereocenters. The van der Waals surface area contributed by atoms with Crippen molar-refractivity contribution in [2.24, 2.45) is 0 Å². The van der Waals surface area contributed by atoms with Crippen LogP contribution < -0.4 is 10.0 Å². The summed E-state index contributed by atoms with van der Waals surface area (Å²) in [6.45, 7) is 0. The molecule has 2 N–H and O–H groups in total. The second-order valence-corrected chi connectivity index (χ2v) is 10.5. The van der Waals surface area contributed by atoms with Crippen LogP contribution >= 0.6 is 23.1 Å². The number of sulfonamides is 1. The Kier molecular flexibility index (Phi) is 6.54. The Hall–Kier alpha value is -3.21.